The van der Waals surface area contributed by atoms with Crippen molar-refractivity contribution in [1.82, 2.24) is 0 Å². The minimum absolute atomic E-state index is 0.467. The second-order valence-electron chi connectivity index (χ2n) is 2.51. The SMILES string of the molecule is C=C(N=C(C)N)C(Cl)=C(C)C. The molecule has 2 N–H and O–H groups in total. The molecule has 0 bridgehead atoms. The summed E-state index contributed by atoms with van der Waals surface area (Å²) in [7, 11) is 0. The number of nitrogens with zero attached hydrogens (tertiary/aromatic N) is 1. The Morgan fingerprint density at radius 3 is 2.09 bits per heavy atom. The van der Waals surface area contributed by atoms with Gasteiger partial charge in [-0.2, -0.15) is 0 Å². The Bertz CT molecular complexity index is 218. The van der Waals surface area contributed by atoms with E-state index in [1.807, 2.05) is 13.8 Å². The van der Waals surface area contributed by atoms with E-state index in [1.54, 1.807) is 6.92 Å². The smallest absolute Gasteiger partial charge is 0.0965 e. The predicted octanol–water partition coefficient (Wildman–Crippen LogP) is 2.41. The number of hydrogen-bond donors (Lipinski definition) is 1. The van der Waals surface area contributed by atoms with Crippen molar-refractivity contribution in [1.29, 1.82) is 0 Å². The van der Waals surface area contributed by atoms with E-state index in [9.17, 15) is 0 Å². The molecule has 0 atom stereocenters. The van der Waals surface area contributed by atoms with Crippen LogP contribution in [0.5, 0.6) is 0 Å². The standard InChI is InChI=1S/C8H13ClN2/c1-5(2)8(9)6(3)11-7(4)10/h3H2,1-2,4H3,(H2,10,11). The second kappa shape index (κ2) is 4.19. The largest absolute Gasteiger partial charge is 0.387 e. The van der Waals surface area contributed by atoms with E-state index < -0.39 is 0 Å². The predicted molar refractivity (Wildman–Crippen MR) is 50.7 cm³/mol. The van der Waals surface area contributed by atoms with Crippen LogP contribution in [-0.2, 0) is 0 Å². The average Bonchev–Trinajstić information content (AvgIpc) is 1.84. The van der Waals surface area contributed by atoms with Gasteiger partial charge in [-0.1, -0.05) is 23.8 Å². The molecule has 0 rings (SSSR count). The third-order valence-electron chi connectivity index (χ3n) is 1.00. The molecule has 0 aromatic heterocycles. The maximum atomic E-state index is 5.83. The Morgan fingerprint density at radius 2 is 1.82 bits per heavy atom. The Morgan fingerprint density at radius 1 is 1.36 bits per heavy atom. The van der Waals surface area contributed by atoms with Gasteiger partial charge in [-0.15, -0.1) is 0 Å². The van der Waals surface area contributed by atoms with Gasteiger partial charge < -0.3 is 5.73 Å². The van der Waals surface area contributed by atoms with Gasteiger partial charge in [0.2, 0.25) is 0 Å². The van der Waals surface area contributed by atoms with Crippen molar-refractivity contribution in [2.24, 2.45) is 10.7 Å². The number of allylic oxidation sites excluding steroid dienone is 2. The van der Waals surface area contributed by atoms with Gasteiger partial charge in [-0.3, -0.25) is 0 Å². The molecular weight excluding hydrogens is 160 g/mol. The number of nitrogens with two attached hydrogens (primary N) is 1. The zero-order valence-electron chi connectivity index (χ0n) is 7.11. The van der Waals surface area contributed by atoms with Crippen LogP contribution >= 0.6 is 11.6 Å². The summed E-state index contributed by atoms with van der Waals surface area (Å²) in [6.45, 7) is 9.15. The normalized spacial score (nSPS) is 11.1. The van der Waals surface area contributed by atoms with E-state index in [1.165, 1.54) is 0 Å². The molecule has 2 nitrogen and oxygen atoms in total. The van der Waals surface area contributed by atoms with Gasteiger partial charge in [0.15, 0.2) is 0 Å². The highest BCUT2D eigenvalue weighted by Gasteiger charge is 1.98. The van der Waals surface area contributed by atoms with Crippen LogP contribution in [0.4, 0.5) is 0 Å². The topological polar surface area (TPSA) is 38.4 Å². The van der Waals surface area contributed by atoms with E-state index in [0.717, 1.165) is 5.57 Å². The van der Waals surface area contributed by atoms with Crippen molar-refractivity contribution in [2.45, 2.75) is 20.8 Å². The molecule has 0 saturated heterocycles. The maximum absolute atomic E-state index is 5.83. The molecule has 0 heterocycles. The van der Waals surface area contributed by atoms with Crippen LogP contribution in [0.15, 0.2) is 27.9 Å². The molecule has 0 aliphatic carbocycles. The van der Waals surface area contributed by atoms with Gasteiger partial charge >= 0.3 is 0 Å². The van der Waals surface area contributed by atoms with Gasteiger partial charge in [0.25, 0.3) is 0 Å². The first-order valence-electron chi connectivity index (χ1n) is 3.28. The third-order valence-corrected chi connectivity index (χ3v) is 1.60. The van der Waals surface area contributed by atoms with Gasteiger partial charge in [-0.25, -0.2) is 4.99 Å². The first-order chi connectivity index (χ1) is 4.95. The van der Waals surface area contributed by atoms with E-state index in [0.29, 0.717) is 16.6 Å². The van der Waals surface area contributed by atoms with Crippen LogP contribution in [0, 0.1) is 0 Å². The van der Waals surface area contributed by atoms with Crippen molar-refractivity contribution < 1.29 is 0 Å². The Hall–Kier alpha value is -0.760. The monoisotopic (exact) mass is 172 g/mol. The summed E-state index contributed by atoms with van der Waals surface area (Å²) >= 11 is 5.83. The van der Waals surface area contributed by atoms with Crippen molar-refractivity contribution in [3.63, 3.8) is 0 Å². The fourth-order valence-electron chi connectivity index (χ4n) is 0.551. The van der Waals surface area contributed by atoms with Crippen molar-refractivity contribution in [3.05, 3.63) is 22.9 Å². The average molecular weight is 173 g/mol. The number of hydrogen-bond acceptors (Lipinski definition) is 1. The summed E-state index contributed by atoms with van der Waals surface area (Å²) < 4.78 is 0. The van der Waals surface area contributed by atoms with Crippen LogP contribution < -0.4 is 5.73 Å². The van der Waals surface area contributed by atoms with Crippen molar-refractivity contribution >= 4 is 17.4 Å². The molecule has 0 aromatic rings. The molecule has 0 fully saturated rings. The van der Waals surface area contributed by atoms with Gasteiger partial charge in [0.1, 0.15) is 0 Å². The molecule has 0 amide bonds. The maximum Gasteiger partial charge on any atom is 0.0965 e. The fraction of sp³-hybridized carbons (Fsp3) is 0.375. The summed E-state index contributed by atoms with van der Waals surface area (Å²) in [6, 6.07) is 0. The summed E-state index contributed by atoms with van der Waals surface area (Å²) in [6.07, 6.45) is 0. The first-order valence-corrected chi connectivity index (χ1v) is 3.66. The van der Waals surface area contributed by atoms with Gasteiger partial charge in [0.05, 0.1) is 16.6 Å². The molecule has 0 aliphatic heterocycles. The minimum atomic E-state index is 0.467. The Balaban J connectivity index is 4.54. The van der Waals surface area contributed by atoms with Crippen LogP contribution in [0.25, 0.3) is 0 Å². The highest BCUT2D eigenvalue weighted by molar-refractivity contribution is 6.32. The minimum Gasteiger partial charge on any atom is -0.387 e. The van der Waals surface area contributed by atoms with E-state index >= 15 is 0 Å². The van der Waals surface area contributed by atoms with Crippen LogP contribution in [-0.4, -0.2) is 5.84 Å². The molecular formula is C8H13ClN2. The zero-order valence-corrected chi connectivity index (χ0v) is 7.87. The van der Waals surface area contributed by atoms with Crippen molar-refractivity contribution in [3.8, 4) is 0 Å². The summed E-state index contributed by atoms with van der Waals surface area (Å²) in [4.78, 5) is 3.91. The van der Waals surface area contributed by atoms with E-state index in [-0.39, 0.29) is 0 Å². The Labute approximate surface area is 72.5 Å². The zero-order chi connectivity index (χ0) is 9.02. The number of aliphatic imine (C=N–C) groups is 1. The van der Waals surface area contributed by atoms with Crippen molar-refractivity contribution in [2.75, 3.05) is 0 Å². The van der Waals surface area contributed by atoms with Gasteiger partial charge in [-0.05, 0) is 20.8 Å². The lowest BCUT2D eigenvalue weighted by molar-refractivity contribution is 1.29. The molecule has 0 spiro atoms. The number of rotatable bonds is 2. The summed E-state index contributed by atoms with van der Waals surface area (Å²) in [5.41, 5.74) is 6.85. The van der Waals surface area contributed by atoms with Crippen LogP contribution in [0.1, 0.15) is 20.8 Å². The Kier molecular flexibility index (Phi) is 3.90. The molecule has 11 heavy (non-hydrogen) atoms. The molecule has 62 valence electrons. The lowest BCUT2D eigenvalue weighted by Gasteiger charge is -1.99. The lowest BCUT2D eigenvalue weighted by atomic mass is 10.3. The van der Waals surface area contributed by atoms with E-state index in [2.05, 4.69) is 11.6 Å². The van der Waals surface area contributed by atoms with Gasteiger partial charge in [0, 0.05) is 0 Å². The highest BCUT2D eigenvalue weighted by Crippen LogP contribution is 2.17. The number of amidine groups is 1. The lowest BCUT2D eigenvalue weighted by Crippen LogP contribution is -2.05. The quantitative estimate of drug-likeness (QED) is 0.388. The molecule has 0 unspecified atom stereocenters. The summed E-state index contributed by atoms with van der Waals surface area (Å²) in [5.74, 6) is 0.467. The second-order valence-corrected chi connectivity index (χ2v) is 2.89. The number of halogens is 1. The van der Waals surface area contributed by atoms with E-state index in [4.69, 9.17) is 17.3 Å². The molecule has 0 radical (unpaired) electrons. The third kappa shape index (κ3) is 3.83. The van der Waals surface area contributed by atoms with Crippen LogP contribution in [0.3, 0.4) is 0 Å². The molecule has 0 saturated carbocycles. The highest BCUT2D eigenvalue weighted by atomic mass is 35.5. The molecule has 3 heteroatoms. The summed E-state index contributed by atoms with van der Waals surface area (Å²) in [5, 5.41) is 0.579. The fourth-order valence-corrected chi connectivity index (χ4v) is 0.593. The van der Waals surface area contributed by atoms with Crippen LogP contribution in [0.2, 0.25) is 0 Å². The molecule has 0 aromatic carbocycles. The first kappa shape index (κ1) is 10.2. The molecule has 0 aliphatic rings.